The molecule has 0 saturated carbocycles. The summed E-state index contributed by atoms with van der Waals surface area (Å²) in [4.78, 5) is 0. The maximum atomic E-state index is 6.13. The van der Waals surface area contributed by atoms with Gasteiger partial charge in [0.15, 0.2) is 8.32 Å². The lowest BCUT2D eigenvalue weighted by Crippen LogP contribution is -2.41. The van der Waals surface area contributed by atoms with Gasteiger partial charge in [-0.2, -0.15) is 0 Å². The molecule has 2 nitrogen and oxygen atoms in total. The van der Waals surface area contributed by atoms with Crippen LogP contribution in [-0.4, -0.2) is 21.5 Å². The second kappa shape index (κ2) is 7.60. The molecule has 0 N–H and O–H groups in total. The Morgan fingerprint density at radius 1 is 1.20 bits per heavy atom. The zero-order valence-corrected chi connectivity index (χ0v) is 17.7. The summed E-state index contributed by atoms with van der Waals surface area (Å²) < 4.78 is 14.1. The lowest BCUT2D eigenvalue weighted by atomic mass is 10.2. The summed E-state index contributed by atoms with van der Waals surface area (Å²) in [6, 6.07) is 6.06. The minimum absolute atomic E-state index is 0.273. The Morgan fingerprint density at radius 3 is 2.40 bits per heavy atom. The van der Waals surface area contributed by atoms with Crippen molar-refractivity contribution in [3.05, 3.63) is 26.2 Å². The lowest BCUT2D eigenvalue weighted by Gasteiger charge is -2.36. The Morgan fingerprint density at radius 2 is 1.85 bits per heavy atom. The minimum atomic E-state index is -1.62. The number of halogens is 2. The molecule has 0 bridgehead atoms. The van der Waals surface area contributed by atoms with Crippen molar-refractivity contribution in [3.8, 4) is 5.75 Å². The van der Waals surface area contributed by atoms with E-state index in [1.54, 1.807) is 0 Å². The molecule has 0 aliphatic carbocycles. The van der Waals surface area contributed by atoms with Crippen molar-refractivity contribution in [1.29, 1.82) is 0 Å². The van der Waals surface area contributed by atoms with Crippen LogP contribution in [0, 0.1) is 3.57 Å². The summed E-state index contributed by atoms with van der Waals surface area (Å²) in [6.45, 7) is 12.8. The van der Waals surface area contributed by atoms with Crippen LogP contribution in [0.25, 0.3) is 0 Å². The van der Waals surface area contributed by atoms with Crippen molar-refractivity contribution in [3.63, 3.8) is 0 Å². The first-order valence-electron chi connectivity index (χ1n) is 6.85. The molecule has 0 aliphatic heterocycles. The largest absolute Gasteiger partial charge is 0.492 e. The van der Waals surface area contributed by atoms with Crippen molar-refractivity contribution in [2.75, 3.05) is 13.2 Å². The van der Waals surface area contributed by atoms with Crippen LogP contribution in [0.15, 0.2) is 22.7 Å². The third-order valence-corrected chi connectivity index (χ3v) is 9.58. The molecular weight excluding hydrogens is 447 g/mol. The molecule has 0 heterocycles. The van der Waals surface area contributed by atoms with E-state index in [-0.39, 0.29) is 5.04 Å². The van der Waals surface area contributed by atoms with Crippen LogP contribution in [0.5, 0.6) is 5.75 Å². The third kappa shape index (κ3) is 5.65. The van der Waals surface area contributed by atoms with Gasteiger partial charge in [0.1, 0.15) is 5.75 Å². The second-order valence-corrected chi connectivity index (χ2v) is 13.3. The number of benzene rings is 1. The molecule has 114 valence electrons. The lowest BCUT2D eigenvalue weighted by molar-refractivity contribution is 0.233. The molecule has 0 aromatic heterocycles. The van der Waals surface area contributed by atoms with E-state index in [0.717, 1.165) is 26.8 Å². The first-order valence-corrected chi connectivity index (χ1v) is 11.6. The summed E-state index contributed by atoms with van der Waals surface area (Å²) in [5, 5.41) is 0.273. The predicted molar refractivity (Wildman–Crippen MR) is 100 cm³/mol. The van der Waals surface area contributed by atoms with Gasteiger partial charge in [-0.15, -0.1) is 0 Å². The SMILES string of the molecule is CC(C)(C)[Si](C)(C)OCCCOc1ccc(Br)cc1I. The van der Waals surface area contributed by atoms with Crippen molar-refractivity contribution < 1.29 is 9.16 Å². The Balaban J connectivity index is 2.32. The van der Waals surface area contributed by atoms with Gasteiger partial charge in [-0.1, -0.05) is 36.7 Å². The number of rotatable bonds is 6. The van der Waals surface area contributed by atoms with E-state index < -0.39 is 8.32 Å². The predicted octanol–water partition coefficient (Wildman–Crippen LogP) is 5.84. The number of hydrogen-bond acceptors (Lipinski definition) is 2. The fourth-order valence-electron chi connectivity index (χ4n) is 1.38. The Hall–Kier alpha value is 0.407. The summed E-state index contributed by atoms with van der Waals surface area (Å²) in [7, 11) is -1.62. The first kappa shape index (κ1) is 18.5. The van der Waals surface area contributed by atoms with Crippen LogP contribution in [0.4, 0.5) is 0 Å². The Kier molecular flexibility index (Phi) is 7.02. The minimum Gasteiger partial charge on any atom is -0.492 e. The Bertz CT molecular complexity index is 444. The highest BCUT2D eigenvalue weighted by atomic mass is 127. The van der Waals surface area contributed by atoms with Gasteiger partial charge in [-0.3, -0.25) is 0 Å². The van der Waals surface area contributed by atoms with Gasteiger partial charge in [0, 0.05) is 17.5 Å². The number of hydrogen-bond donors (Lipinski definition) is 0. The molecule has 0 spiro atoms. The highest BCUT2D eigenvalue weighted by Crippen LogP contribution is 2.36. The molecule has 1 aromatic rings. The molecule has 1 rings (SSSR count). The zero-order valence-electron chi connectivity index (χ0n) is 12.9. The third-order valence-electron chi connectivity index (χ3n) is 3.71. The van der Waals surface area contributed by atoms with Crippen LogP contribution in [-0.2, 0) is 4.43 Å². The van der Waals surface area contributed by atoms with Gasteiger partial charge >= 0.3 is 0 Å². The fraction of sp³-hybridized carbons (Fsp3) is 0.600. The summed E-state index contributed by atoms with van der Waals surface area (Å²) in [5.41, 5.74) is 0. The molecule has 5 heteroatoms. The van der Waals surface area contributed by atoms with Gasteiger partial charge in [0.25, 0.3) is 0 Å². The van der Waals surface area contributed by atoms with Crippen molar-refractivity contribution in [2.45, 2.75) is 45.3 Å². The molecule has 0 radical (unpaired) electrons. The summed E-state index contributed by atoms with van der Waals surface area (Å²) in [5.74, 6) is 0.945. The average molecular weight is 471 g/mol. The highest BCUT2D eigenvalue weighted by Gasteiger charge is 2.36. The normalized spacial score (nSPS) is 12.6. The number of ether oxygens (including phenoxy) is 1. The molecule has 20 heavy (non-hydrogen) atoms. The molecule has 0 unspecified atom stereocenters. The van der Waals surface area contributed by atoms with Gasteiger partial charge < -0.3 is 9.16 Å². The molecule has 0 aliphatic rings. The molecule has 0 atom stereocenters. The maximum Gasteiger partial charge on any atom is 0.191 e. The fourth-order valence-corrected chi connectivity index (χ4v) is 3.92. The van der Waals surface area contributed by atoms with E-state index in [4.69, 9.17) is 9.16 Å². The van der Waals surface area contributed by atoms with E-state index >= 15 is 0 Å². The van der Waals surface area contributed by atoms with Crippen LogP contribution in [0.1, 0.15) is 27.2 Å². The van der Waals surface area contributed by atoms with E-state index in [0.29, 0.717) is 6.61 Å². The average Bonchev–Trinajstić information content (AvgIpc) is 2.29. The van der Waals surface area contributed by atoms with E-state index in [1.165, 1.54) is 0 Å². The topological polar surface area (TPSA) is 18.5 Å². The quantitative estimate of drug-likeness (QED) is 0.295. The van der Waals surface area contributed by atoms with E-state index in [2.05, 4.69) is 78.5 Å². The Labute approximate surface area is 146 Å². The monoisotopic (exact) mass is 470 g/mol. The highest BCUT2D eigenvalue weighted by molar-refractivity contribution is 14.1. The van der Waals surface area contributed by atoms with Gasteiger partial charge in [0.05, 0.1) is 10.2 Å². The molecular formula is C15H24BrIO2Si. The smallest absolute Gasteiger partial charge is 0.191 e. The standard InChI is InChI=1S/C15H24BrIO2Si/c1-15(2,3)20(4,5)19-10-6-9-18-14-8-7-12(16)11-13(14)17/h7-8,11H,6,9-10H2,1-5H3. The van der Waals surface area contributed by atoms with Crippen LogP contribution < -0.4 is 4.74 Å². The summed E-state index contributed by atoms with van der Waals surface area (Å²) >= 11 is 5.74. The van der Waals surface area contributed by atoms with Crippen LogP contribution in [0.2, 0.25) is 18.1 Å². The van der Waals surface area contributed by atoms with E-state index in [1.807, 2.05) is 12.1 Å². The first-order chi connectivity index (χ1) is 9.13. The van der Waals surface area contributed by atoms with Crippen LogP contribution >= 0.6 is 38.5 Å². The summed E-state index contributed by atoms with van der Waals surface area (Å²) in [6.07, 6.45) is 0.929. The van der Waals surface area contributed by atoms with Crippen molar-refractivity contribution >= 4 is 46.8 Å². The molecule has 0 amide bonds. The maximum absolute atomic E-state index is 6.13. The van der Waals surface area contributed by atoms with Crippen LogP contribution in [0.3, 0.4) is 0 Å². The second-order valence-electron chi connectivity index (χ2n) is 6.39. The van der Waals surface area contributed by atoms with Crippen molar-refractivity contribution in [1.82, 2.24) is 0 Å². The zero-order chi connectivity index (χ0) is 15.4. The van der Waals surface area contributed by atoms with E-state index in [9.17, 15) is 0 Å². The van der Waals surface area contributed by atoms with Crippen molar-refractivity contribution in [2.24, 2.45) is 0 Å². The molecule has 0 saturated heterocycles. The molecule has 0 fully saturated rings. The van der Waals surface area contributed by atoms with Gasteiger partial charge in [-0.25, -0.2) is 0 Å². The van der Waals surface area contributed by atoms with Gasteiger partial charge in [0.2, 0.25) is 0 Å². The molecule has 1 aromatic carbocycles. The van der Waals surface area contributed by atoms with Gasteiger partial charge in [-0.05, 0) is 58.9 Å².